The summed E-state index contributed by atoms with van der Waals surface area (Å²) in [5, 5.41) is 19.0. The highest BCUT2D eigenvalue weighted by Gasteiger charge is 2.31. The van der Waals surface area contributed by atoms with Crippen molar-refractivity contribution in [3.8, 4) is 5.75 Å². The predicted octanol–water partition coefficient (Wildman–Crippen LogP) is 4.90. The molecule has 1 N–H and O–H groups in total. The first-order valence-corrected chi connectivity index (χ1v) is 14.6. The highest BCUT2D eigenvalue weighted by atomic mass is 16.5. The summed E-state index contributed by atoms with van der Waals surface area (Å²) in [5.74, 6) is -1.24. The number of hydrogen-bond donors (Lipinski definition) is 1. The van der Waals surface area contributed by atoms with Crippen LogP contribution in [-0.2, 0) is 29.0 Å². The number of carboxylic acids is 1. The third-order valence-electron chi connectivity index (χ3n) is 8.68. The molecule has 0 saturated heterocycles. The molecule has 0 unspecified atom stereocenters. The van der Waals surface area contributed by atoms with E-state index in [9.17, 15) is 14.7 Å². The molecule has 0 saturated carbocycles. The molecular weight excluding hydrogens is 532 g/mol. The molecule has 9 rings (SSSR count). The summed E-state index contributed by atoms with van der Waals surface area (Å²) in [6.45, 7) is 8.86. The molecule has 6 heterocycles. The highest BCUT2D eigenvalue weighted by molar-refractivity contribution is 5.96. The molecule has 3 aromatic carbocycles. The smallest absolute Gasteiger partial charge is 0.307 e. The molecule has 4 aromatic rings. The van der Waals surface area contributed by atoms with E-state index in [2.05, 4.69) is 22.4 Å². The number of amides is 1. The summed E-state index contributed by atoms with van der Waals surface area (Å²) in [5.41, 5.74) is 8.22. The van der Waals surface area contributed by atoms with E-state index in [1.807, 2.05) is 59.8 Å². The number of carbonyl (C=O) groups excluding carboxylic acids is 1. The number of ether oxygens (including phenoxy) is 2. The van der Waals surface area contributed by atoms with Gasteiger partial charge in [-0.15, -0.1) is 5.10 Å². The van der Waals surface area contributed by atoms with Crippen molar-refractivity contribution in [2.24, 2.45) is 5.92 Å². The highest BCUT2D eigenvalue weighted by Crippen LogP contribution is 2.38. The molecule has 9 heteroatoms. The number of carbonyl (C=O) groups is 2. The summed E-state index contributed by atoms with van der Waals surface area (Å²) in [7, 11) is 0. The SMILES string of the molecule is Cc1cc2ccc1C(=O)N1CCc3ccc(cc3C1)[C@H]([C@H](C)C(=O)O)c1ccc3c(nnn3CCCOCCO2)c1C. The number of benzene rings is 3. The van der Waals surface area contributed by atoms with Crippen LogP contribution in [0.4, 0.5) is 0 Å². The molecule has 1 aromatic heterocycles. The Hall–Kier alpha value is -4.24. The molecule has 0 fully saturated rings. The Morgan fingerprint density at radius 2 is 1.88 bits per heavy atom. The maximum Gasteiger partial charge on any atom is 0.307 e. The fourth-order valence-electron chi connectivity index (χ4n) is 6.28. The zero-order chi connectivity index (χ0) is 29.4. The maximum absolute atomic E-state index is 13.6. The lowest BCUT2D eigenvalue weighted by Gasteiger charge is -2.31. The van der Waals surface area contributed by atoms with Crippen molar-refractivity contribution in [3.05, 3.63) is 87.5 Å². The minimum atomic E-state index is -0.863. The molecule has 0 spiro atoms. The lowest BCUT2D eigenvalue weighted by Crippen LogP contribution is -2.36. The zero-order valence-electron chi connectivity index (χ0n) is 24.3. The molecular formula is C33H36N4O5. The number of nitrogens with zero attached hydrogens (tertiary/aromatic N) is 4. The summed E-state index contributed by atoms with van der Waals surface area (Å²) in [4.78, 5) is 27.9. The van der Waals surface area contributed by atoms with Gasteiger partial charge in [0.25, 0.3) is 5.91 Å². The first-order valence-electron chi connectivity index (χ1n) is 14.6. The molecule has 5 aliphatic heterocycles. The molecule has 0 radical (unpaired) electrons. The number of aliphatic carboxylic acids is 1. The average molecular weight is 569 g/mol. The number of aryl methyl sites for hydroxylation is 3. The molecule has 218 valence electrons. The number of carboxylic acid groups (broad SMARTS) is 1. The molecule has 1 amide bonds. The second kappa shape index (κ2) is 11.6. The van der Waals surface area contributed by atoms with Crippen LogP contribution in [0.15, 0.2) is 48.5 Å². The fraction of sp³-hybridized carbons (Fsp3) is 0.394. The van der Waals surface area contributed by atoms with Crippen LogP contribution in [0.5, 0.6) is 5.75 Å². The van der Waals surface area contributed by atoms with Gasteiger partial charge in [-0.25, -0.2) is 4.68 Å². The van der Waals surface area contributed by atoms with E-state index in [1.165, 1.54) is 5.56 Å². The number of hydrogen-bond acceptors (Lipinski definition) is 6. The molecule has 9 bridgehead atoms. The standard InChI is InChI=1S/C33H36N4O5/c1-20-17-26-7-8-27(20)32(38)36-13-11-23-5-6-24(18-25(23)19-36)30(22(3)33(39)40)28-9-10-29-31(21(28)2)34-35-37(29)12-4-14-41-15-16-42-26/h5-10,17-18,22,30H,4,11-16,19H2,1-3H3,(H,39,40)/t22-,30-/m0/s1. The monoisotopic (exact) mass is 568 g/mol. The van der Waals surface area contributed by atoms with Crippen LogP contribution in [-0.4, -0.2) is 63.2 Å². The number of aromatic nitrogens is 3. The van der Waals surface area contributed by atoms with Gasteiger partial charge in [0, 0.05) is 37.7 Å². The third-order valence-corrected chi connectivity index (χ3v) is 8.68. The van der Waals surface area contributed by atoms with Crippen molar-refractivity contribution < 1.29 is 24.2 Å². The van der Waals surface area contributed by atoms with Gasteiger partial charge in [0.1, 0.15) is 17.9 Å². The molecule has 42 heavy (non-hydrogen) atoms. The van der Waals surface area contributed by atoms with E-state index >= 15 is 0 Å². The summed E-state index contributed by atoms with van der Waals surface area (Å²) in [6, 6.07) is 15.8. The van der Waals surface area contributed by atoms with Gasteiger partial charge in [-0.1, -0.05) is 36.4 Å². The van der Waals surface area contributed by atoms with Crippen molar-refractivity contribution in [3.63, 3.8) is 0 Å². The van der Waals surface area contributed by atoms with Crippen molar-refractivity contribution in [1.82, 2.24) is 19.9 Å². The van der Waals surface area contributed by atoms with E-state index in [-0.39, 0.29) is 5.91 Å². The van der Waals surface area contributed by atoms with Crippen LogP contribution in [0.3, 0.4) is 0 Å². The molecule has 0 aliphatic carbocycles. The van der Waals surface area contributed by atoms with E-state index in [1.54, 1.807) is 6.92 Å². The van der Waals surface area contributed by atoms with Crippen LogP contribution in [0.25, 0.3) is 11.0 Å². The fourth-order valence-corrected chi connectivity index (χ4v) is 6.28. The van der Waals surface area contributed by atoms with E-state index in [4.69, 9.17) is 9.47 Å². The van der Waals surface area contributed by atoms with E-state index in [0.717, 1.165) is 51.7 Å². The second-order valence-electron chi connectivity index (χ2n) is 11.4. The Morgan fingerprint density at radius 3 is 2.69 bits per heavy atom. The summed E-state index contributed by atoms with van der Waals surface area (Å²) < 4.78 is 13.6. The predicted molar refractivity (Wildman–Crippen MR) is 158 cm³/mol. The van der Waals surface area contributed by atoms with Crippen molar-refractivity contribution in [2.75, 3.05) is 26.4 Å². The van der Waals surface area contributed by atoms with Gasteiger partial charge in [-0.3, -0.25) is 9.59 Å². The first kappa shape index (κ1) is 27.9. The van der Waals surface area contributed by atoms with Gasteiger partial charge in [0.15, 0.2) is 0 Å². The normalized spacial score (nSPS) is 18.5. The van der Waals surface area contributed by atoms with Crippen molar-refractivity contribution >= 4 is 22.9 Å². The minimum Gasteiger partial charge on any atom is -0.491 e. The van der Waals surface area contributed by atoms with Gasteiger partial charge < -0.3 is 19.5 Å². The van der Waals surface area contributed by atoms with Gasteiger partial charge in [-0.2, -0.15) is 0 Å². The van der Waals surface area contributed by atoms with Crippen LogP contribution < -0.4 is 4.74 Å². The van der Waals surface area contributed by atoms with Gasteiger partial charge in [0.2, 0.25) is 0 Å². The second-order valence-corrected chi connectivity index (χ2v) is 11.4. The van der Waals surface area contributed by atoms with Gasteiger partial charge in [0.05, 0.1) is 18.0 Å². The van der Waals surface area contributed by atoms with Crippen LogP contribution >= 0.6 is 0 Å². The first-order chi connectivity index (χ1) is 20.3. The van der Waals surface area contributed by atoms with E-state index < -0.39 is 17.8 Å². The average Bonchev–Trinajstić information content (AvgIpc) is 3.40. The van der Waals surface area contributed by atoms with Crippen LogP contribution in [0.1, 0.15) is 63.0 Å². The molecule has 5 aliphatic rings. The Bertz CT molecular complexity index is 1660. The Kier molecular flexibility index (Phi) is 7.68. The lowest BCUT2D eigenvalue weighted by molar-refractivity contribution is -0.141. The molecule has 2 atom stereocenters. The lowest BCUT2D eigenvalue weighted by atomic mass is 9.78. The largest absolute Gasteiger partial charge is 0.491 e. The zero-order valence-corrected chi connectivity index (χ0v) is 24.3. The van der Waals surface area contributed by atoms with Gasteiger partial charge >= 0.3 is 5.97 Å². The molecule has 9 nitrogen and oxygen atoms in total. The summed E-state index contributed by atoms with van der Waals surface area (Å²) >= 11 is 0. The topological polar surface area (TPSA) is 107 Å². The van der Waals surface area contributed by atoms with Crippen molar-refractivity contribution in [1.29, 1.82) is 0 Å². The van der Waals surface area contributed by atoms with Crippen molar-refractivity contribution in [2.45, 2.75) is 52.6 Å². The maximum atomic E-state index is 13.6. The Balaban J connectivity index is 1.42. The Labute approximate surface area is 245 Å². The Morgan fingerprint density at radius 1 is 1.02 bits per heavy atom. The van der Waals surface area contributed by atoms with Crippen LogP contribution in [0, 0.1) is 19.8 Å². The minimum absolute atomic E-state index is 0.0170. The van der Waals surface area contributed by atoms with Crippen LogP contribution in [0.2, 0.25) is 0 Å². The van der Waals surface area contributed by atoms with E-state index in [0.29, 0.717) is 50.8 Å². The number of rotatable bonds is 2. The van der Waals surface area contributed by atoms with Gasteiger partial charge in [-0.05, 0) is 84.3 Å². The summed E-state index contributed by atoms with van der Waals surface area (Å²) in [6.07, 6.45) is 1.51. The third kappa shape index (κ3) is 5.25. The quantitative estimate of drug-likeness (QED) is 0.367.